The molecule has 0 aromatic heterocycles. The Kier molecular flexibility index (Phi) is 5.00. The summed E-state index contributed by atoms with van der Waals surface area (Å²) in [5.74, 6) is -4.59. The molecule has 20 heavy (non-hydrogen) atoms. The molecule has 0 bridgehead atoms. The molecular weight excluding hydrogens is 269 g/mol. The average Bonchev–Trinajstić information content (AvgIpc) is 2.46. The van der Waals surface area contributed by atoms with Gasteiger partial charge in [-0.25, -0.2) is 13.2 Å². The third kappa shape index (κ3) is 3.50. The van der Waals surface area contributed by atoms with Crippen LogP contribution in [-0.2, 0) is 0 Å². The van der Waals surface area contributed by atoms with E-state index in [2.05, 4.69) is 10.6 Å². The lowest BCUT2D eigenvalue weighted by Crippen LogP contribution is -2.33. The van der Waals surface area contributed by atoms with Crippen molar-refractivity contribution in [3.8, 4) is 0 Å². The Bertz CT molecular complexity index is 488. The van der Waals surface area contributed by atoms with Gasteiger partial charge in [0, 0.05) is 6.54 Å². The van der Waals surface area contributed by atoms with E-state index >= 15 is 0 Å². The molecule has 0 saturated carbocycles. The molecule has 110 valence electrons. The van der Waals surface area contributed by atoms with Crippen molar-refractivity contribution in [1.29, 1.82) is 0 Å². The number of hydrogen-bond acceptors (Lipinski definition) is 2. The molecule has 2 N–H and O–H groups in total. The van der Waals surface area contributed by atoms with Crippen LogP contribution in [0.2, 0.25) is 0 Å². The van der Waals surface area contributed by atoms with Crippen molar-refractivity contribution in [2.75, 3.05) is 19.6 Å². The quantitative estimate of drug-likeness (QED) is 0.833. The van der Waals surface area contributed by atoms with Gasteiger partial charge in [-0.15, -0.1) is 0 Å². The van der Waals surface area contributed by atoms with E-state index < -0.39 is 28.9 Å². The summed E-state index contributed by atoms with van der Waals surface area (Å²) in [4.78, 5) is 11.7. The monoisotopic (exact) mass is 286 g/mol. The summed E-state index contributed by atoms with van der Waals surface area (Å²) in [6, 6.07) is 1.70. The van der Waals surface area contributed by atoms with Crippen molar-refractivity contribution < 1.29 is 18.0 Å². The first-order chi connectivity index (χ1) is 9.59. The highest BCUT2D eigenvalue weighted by Gasteiger charge is 2.19. The Morgan fingerprint density at radius 2 is 2.10 bits per heavy atom. The number of piperidine rings is 1. The minimum atomic E-state index is -1.62. The maximum Gasteiger partial charge on any atom is 0.254 e. The predicted octanol–water partition coefficient (Wildman–Crippen LogP) is 2.22. The van der Waals surface area contributed by atoms with Crippen LogP contribution in [0.25, 0.3) is 0 Å². The third-order valence-electron chi connectivity index (χ3n) is 3.52. The molecular formula is C14H17F3N2O. The van der Waals surface area contributed by atoms with Crippen molar-refractivity contribution in [2.24, 2.45) is 5.92 Å². The van der Waals surface area contributed by atoms with Gasteiger partial charge in [0.15, 0.2) is 17.5 Å². The van der Waals surface area contributed by atoms with Gasteiger partial charge in [-0.3, -0.25) is 4.79 Å². The number of rotatable bonds is 4. The summed E-state index contributed by atoms with van der Waals surface area (Å²) in [5, 5.41) is 5.80. The first kappa shape index (κ1) is 14.8. The molecule has 1 aromatic rings. The van der Waals surface area contributed by atoms with Crippen LogP contribution in [0, 0.1) is 23.4 Å². The van der Waals surface area contributed by atoms with Gasteiger partial charge in [0.1, 0.15) is 0 Å². The molecule has 1 atom stereocenters. The highest BCUT2D eigenvalue weighted by molar-refractivity contribution is 5.94. The molecule has 1 unspecified atom stereocenters. The fourth-order valence-electron chi connectivity index (χ4n) is 2.36. The first-order valence-corrected chi connectivity index (χ1v) is 6.72. The Morgan fingerprint density at radius 3 is 2.80 bits per heavy atom. The molecule has 1 amide bonds. The van der Waals surface area contributed by atoms with Crippen molar-refractivity contribution >= 4 is 5.91 Å². The van der Waals surface area contributed by atoms with Gasteiger partial charge in [-0.1, -0.05) is 0 Å². The molecule has 1 fully saturated rings. The molecule has 1 heterocycles. The van der Waals surface area contributed by atoms with Gasteiger partial charge >= 0.3 is 0 Å². The van der Waals surface area contributed by atoms with Gasteiger partial charge in [0.25, 0.3) is 5.91 Å². The molecule has 1 aliphatic heterocycles. The number of nitrogens with one attached hydrogen (secondary N) is 2. The van der Waals surface area contributed by atoms with Crippen molar-refractivity contribution in [3.05, 3.63) is 35.1 Å². The second-order valence-electron chi connectivity index (χ2n) is 4.98. The number of halogens is 3. The van der Waals surface area contributed by atoms with Crippen LogP contribution in [0.3, 0.4) is 0 Å². The molecule has 0 spiro atoms. The largest absolute Gasteiger partial charge is 0.352 e. The van der Waals surface area contributed by atoms with Crippen molar-refractivity contribution in [3.63, 3.8) is 0 Å². The van der Waals surface area contributed by atoms with Crippen LogP contribution in [0.4, 0.5) is 13.2 Å². The molecule has 0 aliphatic carbocycles. The minimum Gasteiger partial charge on any atom is -0.352 e. The Morgan fingerprint density at radius 1 is 1.30 bits per heavy atom. The van der Waals surface area contributed by atoms with Crippen LogP contribution >= 0.6 is 0 Å². The highest BCUT2D eigenvalue weighted by atomic mass is 19.2. The smallest absolute Gasteiger partial charge is 0.254 e. The second-order valence-corrected chi connectivity index (χ2v) is 4.98. The van der Waals surface area contributed by atoms with E-state index in [1.54, 1.807) is 0 Å². The van der Waals surface area contributed by atoms with E-state index in [4.69, 9.17) is 0 Å². The van der Waals surface area contributed by atoms with Crippen LogP contribution in [-0.4, -0.2) is 25.5 Å². The second kappa shape index (κ2) is 6.74. The summed E-state index contributed by atoms with van der Waals surface area (Å²) >= 11 is 0. The fourth-order valence-corrected chi connectivity index (χ4v) is 2.36. The van der Waals surface area contributed by atoms with Gasteiger partial charge < -0.3 is 10.6 Å². The predicted molar refractivity (Wildman–Crippen MR) is 68.9 cm³/mol. The molecule has 3 nitrogen and oxygen atoms in total. The highest BCUT2D eigenvalue weighted by Crippen LogP contribution is 2.16. The van der Waals surface area contributed by atoms with Gasteiger partial charge in [-0.2, -0.15) is 0 Å². The van der Waals surface area contributed by atoms with E-state index in [-0.39, 0.29) is 0 Å². The lowest BCUT2D eigenvalue weighted by atomic mass is 9.96. The molecule has 1 aromatic carbocycles. The van der Waals surface area contributed by atoms with Gasteiger partial charge in [0.2, 0.25) is 0 Å². The third-order valence-corrected chi connectivity index (χ3v) is 3.52. The van der Waals surface area contributed by atoms with E-state index in [1.807, 2.05) is 0 Å². The summed E-state index contributed by atoms with van der Waals surface area (Å²) < 4.78 is 39.2. The molecule has 1 aliphatic rings. The zero-order chi connectivity index (χ0) is 14.5. The number of carbonyl (C=O) groups excluding carboxylic acids is 1. The number of amides is 1. The topological polar surface area (TPSA) is 41.1 Å². The van der Waals surface area contributed by atoms with Gasteiger partial charge in [-0.05, 0) is 50.4 Å². The summed E-state index contributed by atoms with van der Waals surface area (Å²) in [7, 11) is 0. The average molecular weight is 286 g/mol. The molecule has 1 saturated heterocycles. The Hall–Kier alpha value is -1.56. The number of hydrogen-bond donors (Lipinski definition) is 2. The lowest BCUT2D eigenvalue weighted by Gasteiger charge is -2.22. The van der Waals surface area contributed by atoms with Crippen molar-refractivity contribution in [2.45, 2.75) is 19.3 Å². The number of benzene rings is 1. The zero-order valence-corrected chi connectivity index (χ0v) is 11.0. The Labute approximate surface area is 115 Å². The summed E-state index contributed by atoms with van der Waals surface area (Å²) in [6.07, 6.45) is 2.99. The number of carbonyl (C=O) groups is 1. The van der Waals surface area contributed by atoms with Crippen molar-refractivity contribution in [1.82, 2.24) is 10.6 Å². The SMILES string of the molecule is O=C(NCCC1CCCNC1)c1ccc(F)c(F)c1F. The van der Waals surface area contributed by atoms with Crippen LogP contribution in [0.15, 0.2) is 12.1 Å². The van der Waals surface area contributed by atoms with Crippen LogP contribution < -0.4 is 10.6 Å². The summed E-state index contributed by atoms with van der Waals surface area (Å²) in [6.45, 7) is 2.32. The lowest BCUT2D eigenvalue weighted by molar-refractivity contribution is 0.0945. The van der Waals surface area contributed by atoms with E-state index in [9.17, 15) is 18.0 Å². The standard InChI is InChI=1S/C14H17F3N2O/c15-11-4-3-10(12(16)13(11)17)14(20)19-7-5-9-2-1-6-18-8-9/h3-4,9,18H,1-2,5-8H2,(H,19,20). The van der Waals surface area contributed by atoms with E-state index in [0.717, 1.165) is 44.5 Å². The molecule has 0 radical (unpaired) electrons. The van der Waals surface area contributed by atoms with E-state index in [0.29, 0.717) is 12.5 Å². The van der Waals surface area contributed by atoms with E-state index in [1.165, 1.54) is 0 Å². The minimum absolute atomic E-state index is 0.392. The fraction of sp³-hybridized carbons (Fsp3) is 0.500. The van der Waals surface area contributed by atoms with Crippen LogP contribution in [0.1, 0.15) is 29.6 Å². The molecule has 6 heteroatoms. The normalized spacial score (nSPS) is 18.9. The zero-order valence-electron chi connectivity index (χ0n) is 11.0. The van der Waals surface area contributed by atoms with Crippen LogP contribution in [0.5, 0.6) is 0 Å². The molecule has 2 rings (SSSR count). The first-order valence-electron chi connectivity index (χ1n) is 6.72. The maximum atomic E-state index is 13.4. The maximum absolute atomic E-state index is 13.4. The Balaban J connectivity index is 1.87. The van der Waals surface area contributed by atoms with Gasteiger partial charge in [0.05, 0.1) is 5.56 Å². The summed E-state index contributed by atoms with van der Waals surface area (Å²) in [5.41, 5.74) is -0.467.